The smallest absolute Gasteiger partial charge is 0.275 e. The van der Waals surface area contributed by atoms with Gasteiger partial charge < -0.3 is 9.47 Å². The largest absolute Gasteiger partial charge is 0.457 e. The zero-order valence-corrected chi connectivity index (χ0v) is 15.7. The highest BCUT2D eigenvalue weighted by Gasteiger charge is 2.62. The molecule has 148 valence electrons. The Balaban J connectivity index is 1.52. The van der Waals surface area contributed by atoms with Crippen molar-refractivity contribution in [2.45, 2.75) is 25.0 Å². The number of carbonyl (C=O) groups is 2. The summed E-state index contributed by atoms with van der Waals surface area (Å²) in [5.41, 5.74) is -0.143. The van der Waals surface area contributed by atoms with E-state index in [9.17, 15) is 19.7 Å². The lowest BCUT2D eigenvalue weighted by atomic mass is 9.81. The number of imide groups is 1. The molecule has 3 fully saturated rings. The molecule has 0 spiro atoms. The van der Waals surface area contributed by atoms with Crippen molar-refractivity contribution in [2.75, 3.05) is 4.90 Å². The SMILES string of the molecule is O=C1C2C3CCC(O3)C2C(=O)N1c1cc(Oc2ccc(Cl)cc2)cc([N+](=O)[O-])c1. The summed E-state index contributed by atoms with van der Waals surface area (Å²) in [5.74, 6) is -1.20. The Morgan fingerprint density at radius 1 is 1.00 bits per heavy atom. The molecular formula is C20H15ClN2O6. The Labute approximate surface area is 170 Å². The first-order chi connectivity index (χ1) is 13.9. The van der Waals surface area contributed by atoms with Crippen LogP contribution in [0.25, 0.3) is 0 Å². The van der Waals surface area contributed by atoms with Crippen LogP contribution in [0.4, 0.5) is 11.4 Å². The second kappa shape index (κ2) is 6.53. The summed E-state index contributed by atoms with van der Waals surface area (Å²) in [5, 5.41) is 11.9. The second-order valence-electron chi connectivity index (χ2n) is 7.35. The number of nitro benzene ring substituents is 1. The minimum absolute atomic E-state index is 0.131. The number of ether oxygens (including phenoxy) is 2. The van der Waals surface area contributed by atoms with Crippen LogP contribution in [0.1, 0.15) is 12.8 Å². The molecule has 8 nitrogen and oxygen atoms in total. The number of hydrogen-bond donors (Lipinski definition) is 0. The molecule has 29 heavy (non-hydrogen) atoms. The number of nitrogens with zero attached hydrogens (tertiary/aromatic N) is 2. The third-order valence-corrected chi connectivity index (χ3v) is 5.93. The van der Waals surface area contributed by atoms with Crippen molar-refractivity contribution in [1.29, 1.82) is 0 Å². The number of fused-ring (bicyclic) bond motifs is 5. The van der Waals surface area contributed by atoms with Crippen LogP contribution in [-0.4, -0.2) is 28.9 Å². The summed E-state index contributed by atoms with van der Waals surface area (Å²) in [7, 11) is 0. The molecule has 0 saturated carbocycles. The Morgan fingerprint density at radius 3 is 2.21 bits per heavy atom. The van der Waals surface area contributed by atoms with Crippen LogP contribution in [-0.2, 0) is 14.3 Å². The molecule has 0 aromatic heterocycles. The summed E-state index contributed by atoms with van der Waals surface area (Å²) in [4.78, 5) is 37.8. The van der Waals surface area contributed by atoms with E-state index < -0.39 is 16.8 Å². The lowest BCUT2D eigenvalue weighted by Gasteiger charge is -2.18. The van der Waals surface area contributed by atoms with E-state index in [1.54, 1.807) is 24.3 Å². The molecule has 2 bridgehead atoms. The molecule has 0 radical (unpaired) electrons. The van der Waals surface area contributed by atoms with Gasteiger partial charge in [0, 0.05) is 17.2 Å². The van der Waals surface area contributed by atoms with E-state index in [0.29, 0.717) is 10.8 Å². The third-order valence-electron chi connectivity index (χ3n) is 5.68. The molecule has 3 aliphatic heterocycles. The Hall–Kier alpha value is -2.97. The maximum Gasteiger partial charge on any atom is 0.275 e. The molecule has 4 unspecified atom stereocenters. The zero-order valence-electron chi connectivity index (χ0n) is 15.0. The van der Waals surface area contributed by atoms with Crippen LogP contribution >= 0.6 is 11.6 Å². The van der Waals surface area contributed by atoms with E-state index in [-0.39, 0.29) is 41.1 Å². The number of amides is 2. The maximum absolute atomic E-state index is 13.0. The predicted octanol–water partition coefficient (Wildman–Crippen LogP) is 3.71. The molecule has 3 saturated heterocycles. The van der Waals surface area contributed by atoms with Crippen LogP contribution in [0.15, 0.2) is 42.5 Å². The van der Waals surface area contributed by atoms with Gasteiger partial charge in [0.2, 0.25) is 11.8 Å². The van der Waals surface area contributed by atoms with Gasteiger partial charge in [0.25, 0.3) is 5.69 Å². The number of benzene rings is 2. The van der Waals surface area contributed by atoms with E-state index >= 15 is 0 Å². The van der Waals surface area contributed by atoms with Gasteiger partial charge in [0.1, 0.15) is 11.5 Å². The zero-order chi connectivity index (χ0) is 20.3. The van der Waals surface area contributed by atoms with Crippen LogP contribution in [0, 0.1) is 22.0 Å². The Bertz CT molecular complexity index is 1010. The van der Waals surface area contributed by atoms with Crippen molar-refractivity contribution in [2.24, 2.45) is 11.8 Å². The van der Waals surface area contributed by atoms with Gasteiger partial charge in [0.15, 0.2) is 0 Å². The van der Waals surface area contributed by atoms with Crippen molar-refractivity contribution in [1.82, 2.24) is 0 Å². The molecule has 0 aliphatic carbocycles. The average molecular weight is 415 g/mol. The highest BCUT2D eigenvalue weighted by atomic mass is 35.5. The monoisotopic (exact) mass is 414 g/mol. The molecule has 0 N–H and O–H groups in total. The number of rotatable bonds is 4. The van der Waals surface area contributed by atoms with Gasteiger partial charge in [-0.25, -0.2) is 4.90 Å². The molecule has 2 amide bonds. The number of non-ortho nitro benzene ring substituents is 1. The number of anilines is 1. The molecular weight excluding hydrogens is 400 g/mol. The fourth-order valence-corrected chi connectivity index (χ4v) is 4.59. The van der Waals surface area contributed by atoms with Crippen LogP contribution in [0.5, 0.6) is 11.5 Å². The van der Waals surface area contributed by atoms with Crippen molar-refractivity contribution in [3.63, 3.8) is 0 Å². The average Bonchev–Trinajstić information content (AvgIpc) is 3.37. The highest BCUT2D eigenvalue weighted by molar-refractivity contribution is 6.30. The Kier molecular flexibility index (Phi) is 4.07. The molecule has 4 atom stereocenters. The van der Waals surface area contributed by atoms with Crippen molar-refractivity contribution >= 4 is 34.8 Å². The lowest BCUT2D eigenvalue weighted by molar-refractivity contribution is -0.384. The molecule has 2 aromatic carbocycles. The van der Waals surface area contributed by atoms with E-state index in [0.717, 1.165) is 17.7 Å². The normalized spacial score (nSPS) is 27.4. The number of halogens is 1. The minimum Gasteiger partial charge on any atom is -0.457 e. The summed E-state index contributed by atoms with van der Waals surface area (Å²) < 4.78 is 11.4. The van der Waals surface area contributed by atoms with Crippen molar-refractivity contribution in [3.05, 3.63) is 57.6 Å². The molecule has 9 heteroatoms. The number of hydrogen-bond acceptors (Lipinski definition) is 6. The summed E-state index contributed by atoms with van der Waals surface area (Å²) in [6.07, 6.45) is 0.988. The third kappa shape index (κ3) is 2.87. The lowest BCUT2D eigenvalue weighted by Crippen LogP contribution is -2.34. The maximum atomic E-state index is 13.0. The fraction of sp³-hybridized carbons (Fsp3) is 0.300. The van der Waals surface area contributed by atoms with Crippen molar-refractivity contribution in [3.8, 4) is 11.5 Å². The van der Waals surface area contributed by atoms with Crippen LogP contribution in [0.3, 0.4) is 0 Å². The van der Waals surface area contributed by atoms with Gasteiger partial charge in [-0.05, 0) is 37.1 Å². The minimum atomic E-state index is -0.586. The first-order valence-corrected chi connectivity index (χ1v) is 9.56. The van der Waals surface area contributed by atoms with E-state index in [4.69, 9.17) is 21.1 Å². The molecule has 3 heterocycles. The fourth-order valence-electron chi connectivity index (χ4n) is 4.47. The molecule has 3 aliphatic rings. The second-order valence-corrected chi connectivity index (χ2v) is 7.79. The number of nitro groups is 1. The van der Waals surface area contributed by atoms with E-state index in [1.165, 1.54) is 18.2 Å². The van der Waals surface area contributed by atoms with Crippen LogP contribution < -0.4 is 9.64 Å². The summed E-state index contributed by atoms with van der Waals surface area (Å²) in [6.45, 7) is 0. The van der Waals surface area contributed by atoms with Gasteiger partial charge in [0.05, 0.1) is 40.7 Å². The van der Waals surface area contributed by atoms with Crippen molar-refractivity contribution < 1.29 is 24.0 Å². The Morgan fingerprint density at radius 2 is 1.62 bits per heavy atom. The van der Waals surface area contributed by atoms with Gasteiger partial charge in [-0.1, -0.05) is 11.6 Å². The molecule has 2 aromatic rings. The van der Waals surface area contributed by atoms with Crippen LogP contribution in [0.2, 0.25) is 5.02 Å². The van der Waals surface area contributed by atoms with E-state index in [1.807, 2.05) is 0 Å². The quantitative estimate of drug-likeness (QED) is 0.429. The van der Waals surface area contributed by atoms with Gasteiger partial charge >= 0.3 is 0 Å². The van der Waals surface area contributed by atoms with Gasteiger partial charge in [-0.3, -0.25) is 19.7 Å². The van der Waals surface area contributed by atoms with E-state index in [2.05, 4.69) is 0 Å². The predicted molar refractivity (Wildman–Crippen MR) is 102 cm³/mol. The topological polar surface area (TPSA) is 99.0 Å². The standard InChI is InChI=1S/C20H15ClN2O6/c21-10-1-3-13(4-2-10)28-14-8-11(7-12(9-14)23(26)27)22-19(24)17-15-5-6-16(29-15)18(17)20(22)25/h1-4,7-9,15-18H,5-6H2. The summed E-state index contributed by atoms with van der Waals surface area (Å²) >= 11 is 5.86. The first-order valence-electron chi connectivity index (χ1n) is 9.18. The number of carbonyl (C=O) groups excluding carboxylic acids is 2. The van der Waals surface area contributed by atoms with Gasteiger partial charge in [-0.15, -0.1) is 0 Å². The highest BCUT2D eigenvalue weighted by Crippen LogP contribution is 2.50. The molecule has 5 rings (SSSR count). The first kappa shape index (κ1) is 18.1. The summed E-state index contributed by atoms with van der Waals surface area (Å²) in [6, 6.07) is 10.4. The van der Waals surface area contributed by atoms with Gasteiger partial charge in [-0.2, -0.15) is 0 Å².